The van der Waals surface area contributed by atoms with Crippen molar-refractivity contribution < 1.29 is 4.79 Å². The van der Waals surface area contributed by atoms with Crippen LogP contribution < -0.4 is 5.32 Å². The van der Waals surface area contributed by atoms with Crippen molar-refractivity contribution in [3.8, 4) is 0 Å². The molecule has 92 valence electrons. The van der Waals surface area contributed by atoms with Crippen molar-refractivity contribution in [2.75, 3.05) is 11.9 Å². The van der Waals surface area contributed by atoms with Crippen LogP contribution in [0.5, 0.6) is 0 Å². The number of halogens is 1. The highest BCUT2D eigenvalue weighted by Gasteiger charge is 2.54. The molecule has 0 bridgehead atoms. The van der Waals surface area contributed by atoms with Gasteiger partial charge in [0.15, 0.2) is 0 Å². The molecule has 0 spiro atoms. The van der Waals surface area contributed by atoms with Crippen LogP contribution in [0.25, 0.3) is 0 Å². The molecule has 2 fully saturated rings. The van der Waals surface area contributed by atoms with Crippen LogP contribution in [0.1, 0.15) is 39.5 Å². The molecule has 2 unspecified atom stereocenters. The smallest absolute Gasteiger partial charge is 0.223 e. The maximum Gasteiger partial charge on any atom is 0.223 e. The van der Waals surface area contributed by atoms with E-state index in [1.807, 2.05) is 0 Å². The van der Waals surface area contributed by atoms with E-state index < -0.39 is 0 Å². The van der Waals surface area contributed by atoms with Gasteiger partial charge in [-0.15, -0.1) is 0 Å². The van der Waals surface area contributed by atoms with E-state index in [0.29, 0.717) is 11.8 Å². The van der Waals surface area contributed by atoms with Crippen LogP contribution >= 0.6 is 15.9 Å². The highest BCUT2D eigenvalue weighted by Crippen LogP contribution is 2.55. The van der Waals surface area contributed by atoms with E-state index in [9.17, 15) is 4.79 Å². The van der Waals surface area contributed by atoms with Gasteiger partial charge >= 0.3 is 0 Å². The van der Waals surface area contributed by atoms with Crippen molar-refractivity contribution in [2.24, 2.45) is 23.2 Å². The lowest BCUT2D eigenvalue weighted by Gasteiger charge is -2.21. The first-order valence-electron chi connectivity index (χ1n) is 6.39. The predicted octanol–water partition coefficient (Wildman–Crippen LogP) is 2.96. The molecule has 0 aromatic carbocycles. The second-order valence-electron chi connectivity index (χ2n) is 6.15. The lowest BCUT2D eigenvalue weighted by atomic mass is 9.97. The van der Waals surface area contributed by atoms with E-state index in [2.05, 4.69) is 35.1 Å². The number of nitrogens with one attached hydrogen (secondary N) is 1. The molecule has 0 radical (unpaired) electrons. The van der Waals surface area contributed by atoms with Gasteiger partial charge in [0.05, 0.1) is 0 Å². The molecule has 2 atom stereocenters. The van der Waals surface area contributed by atoms with Crippen LogP contribution in [0.2, 0.25) is 0 Å². The zero-order valence-electron chi connectivity index (χ0n) is 10.3. The number of amides is 1. The summed E-state index contributed by atoms with van der Waals surface area (Å²) in [6.07, 6.45) is 5.23. The van der Waals surface area contributed by atoms with Crippen molar-refractivity contribution in [3.63, 3.8) is 0 Å². The van der Waals surface area contributed by atoms with Crippen molar-refractivity contribution in [1.29, 1.82) is 0 Å². The fraction of sp³-hybridized carbons (Fsp3) is 0.923. The summed E-state index contributed by atoms with van der Waals surface area (Å²) in [5, 5.41) is 4.05. The van der Waals surface area contributed by atoms with Crippen LogP contribution in [0, 0.1) is 23.2 Å². The number of hydrogen-bond acceptors (Lipinski definition) is 1. The Balaban J connectivity index is 1.77. The average Bonchev–Trinajstić information content (AvgIpc) is 3.00. The summed E-state index contributed by atoms with van der Waals surface area (Å²) in [5.41, 5.74) is 0.162. The maximum absolute atomic E-state index is 12.0. The first kappa shape index (κ1) is 12.4. The lowest BCUT2D eigenvalue weighted by molar-refractivity contribution is -0.123. The summed E-state index contributed by atoms with van der Waals surface area (Å²) >= 11 is 3.48. The normalized spacial score (nSPS) is 33.1. The molecular weight excluding hydrogens is 266 g/mol. The van der Waals surface area contributed by atoms with Gasteiger partial charge in [-0.25, -0.2) is 0 Å². The monoisotopic (exact) mass is 287 g/mol. The van der Waals surface area contributed by atoms with E-state index in [4.69, 9.17) is 0 Å². The van der Waals surface area contributed by atoms with E-state index in [0.717, 1.165) is 23.7 Å². The van der Waals surface area contributed by atoms with Gasteiger partial charge in [0, 0.05) is 17.8 Å². The highest BCUT2D eigenvalue weighted by atomic mass is 79.9. The number of rotatable bonds is 4. The second-order valence-corrected chi connectivity index (χ2v) is 6.71. The molecular formula is C13H22BrNO. The molecule has 2 nitrogen and oxygen atoms in total. The van der Waals surface area contributed by atoms with Crippen LogP contribution in [0.4, 0.5) is 0 Å². The van der Waals surface area contributed by atoms with Crippen LogP contribution in [0.3, 0.4) is 0 Å². The Morgan fingerprint density at radius 3 is 2.38 bits per heavy atom. The molecule has 2 rings (SSSR count). The highest BCUT2D eigenvalue weighted by molar-refractivity contribution is 9.09. The van der Waals surface area contributed by atoms with E-state index in [-0.39, 0.29) is 5.41 Å². The Morgan fingerprint density at radius 1 is 1.31 bits per heavy atom. The standard InChI is InChI=1S/C13H22BrNO/c1-13(2,7-14)8-15-12(16)11-9-5-3-4-6-10(9)11/h9-11H,3-8H2,1-2H3,(H,15,16). The Labute approximate surface area is 107 Å². The van der Waals surface area contributed by atoms with Crippen molar-refractivity contribution >= 4 is 21.8 Å². The molecule has 2 aliphatic carbocycles. The summed E-state index contributed by atoms with van der Waals surface area (Å²) in [4.78, 5) is 12.0. The average molecular weight is 288 g/mol. The number of carbonyl (C=O) groups is 1. The zero-order valence-corrected chi connectivity index (χ0v) is 11.8. The van der Waals surface area contributed by atoms with Gasteiger partial charge in [0.25, 0.3) is 0 Å². The maximum atomic E-state index is 12.0. The summed E-state index contributed by atoms with van der Waals surface area (Å²) in [7, 11) is 0. The minimum Gasteiger partial charge on any atom is -0.355 e. The lowest BCUT2D eigenvalue weighted by Crippen LogP contribution is -2.36. The fourth-order valence-electron chi connectivity index (χ4n) is 2.87. The molecule has 2 saturated carbocycles. The van der Waals surface area contributed by atoms with Gasteiger partial charge in [-0.1, -0.05) is 42.6 Å². The van der Waals surface area contributed by atoms with Crippen molar-refractivity contribution in [2.45, 2.75) is 39.5 Å². The molecule has 0 saturated heterocycles. The van der Waals surface area contributed by atoms with Gasteiger partial charge in [-0.2, -0.15) is 0 Å². The summed E-state index contributed by atoms with van der Waals surface area (Å²) < 4.78 is 0. The largest absolute Gasteiger partial charge is 0.355 e. The van der Waals surface area contributed by atoms with Crippen LogP contribution in [-0.4, -0.2) is 17.8 Å². The molecule has 16 heavy (non-hydrogen) atoms. The summed E-state index contributed by atoms with van der Waals surface area (Å²) in [6, 6.07) is 0. The van der Waals surface area contributed by atoms with Crippen molar-refractivity contribution in [3.05, 3.63) is 0 Å². The second kappa shape index (κ2) is 4.67. The van der Waals surface area contributed by atoms with E-state index in [1.54, 1.807) is 0 Å². The molecule has 0 heterocycles. The van der Waals surface area contributed by atoms with Crippen molar-refractivity contribution in [1.82, 2.24) is 5.32 Å². The molecule has 0 aromatic rings. The van der Waals surface area contributed by atoms with E-state index >= 15 is 0 Å². The number of carbonyl (C=O) groups excluding carboxylic acids is 1. The Morgan fingerprint density at radius 2 is 1.88 bits per heavy atom. The molecule has 2 aliphatic rings. The predicted molar refractivity (Wildman–Crippen MR) is 69.5 cm³/mol. The molecule has 3 heteroatoms. The third-order valence-corrected chi connectivity index (χ3v) is 5.58. The van der Waals surface area contributed by atoms with Gasteiger partial charge in [0.2, 0.25) is 5.91 Å². The topological polar surface area (TPSA) is 29.1 Å². The number of alkyl halides is 1. The quantitative estimate of drug-likeness (QED) is 0.792. The number of fused-ring (bicyclic) bond motifs is 1. The molecule has 0 aliphatic heterocycles. The molecule has 0 aromatic heterocycles. The van der Waals surface area contributed by atoms with Gasteiger partial charge in [-0.3, -0.25) is 4.79 Å². The Kier molecular flexibility index (Phi) is 3.62. The summed E-state index contributed by atoms with van der Waals surface area (Å²) in [5.74, 6) is 2.11. The Hall–Kier alpha value is -0.0500. The third kappa shape index (κ3) is 2.61. The zero-order chi connectivity index (χ0) is 11.8. The van der Waals surface area contributed by atoms with Gasteiger partial charge in [0.1, 0.15) is 0 Å². The Bertz CT molecular complexity index is 265. The van der Waals surface area contributed by atoms with Crippen LogP contribution in [0.15, 0.2) is 0 Å². The summed E-state index contributed by atoms with van der Waals surface area (Å²) in [6.45, 7) is 5.12. The first-order chi connectivity index (χ1) is 7.55. The third-order valence-electron chi connectivity index (χ3n) is 4.06. The molecule has 1 N–H and O–H groups in total. The minimum absolute atomic E-state index is 0.162. The SMILES string of the molecule is CC(C)(CBr)CNC(=O)C1C2CCCCC21. The molecule has 1 amide bonds. The number of hydrogen-bond donors (Lipinski definition) is 1. The van der Waals surface area contributed by atoms with Gasteiger partial charge < -0.3 is 5.32 Å². The van der Waals surface area contributed by atoms with E-state index in [1.165, 1.54) is 25.7 Å². The van der Waals surface area contributed by atoms with Gasteiger partial charge in [-0.05, 0) is 30.1 Å². The minimum atomic E-state index is 0.162. The first-order valence-corrected chi connectivity index (χ1v) is 7.51. The van der Waals surface area contributed by atoms with Crippen LogP contribution in [-0.2, 0) is 4.79 Å². The fourth-order valence-corrected chi connectivity index (χ4v) is 3.07.